The first-order chi connectivity index (χ1) is 8.24. The lowest BCUT2D eigenvalue weighted by molar-refractivity contribution is 0.224. The van der Waals surface area contributed by atoms with Crippen molar-refractivity contribution in [1.29, 1.82) is 0 Å². The van der Waals surface area contributed by atoms with Crippen molar-refractivity contribution >= 4 is 5.71 Å². The van der Waals surface area contributed by atoms with E-state index in [0.717, 1.165) is 22.4 Å². The predicted octanol–water partition coefficient (Wildman–Crippen LogP) is 2.06. The molecule has 0 fully saturated rings. The molecule has 1 rings (SSSR count). The highest BCUT2D eigenvalue weighted by molar-refractivity contribution is 6.13. The summed E-state index contributed by atoms with van der Waals surface area (Å²) in [5, 5.41) is 9.49. The number of methoxy groups -OCH3 is 1. The molecule has 0 aliphatic rings. The molecule has 0 saturated heterocycles. The van der Waals surface area contributed by atoms with Crippen LogP contribution in [0, 0.1) is 0 Å². The molecule has 0 radical (unpaired) electrons. The molecule has 0 aliphatic carbocycles. The van der Waals surface area contributed by atoms with Crippen molar-refractivity contribution < 1.29 is 9.84 Å². The molecule has 1 aromatic rings. The van der Waals surface area contributed by atoms with Gasteiger partial charge in [-0.3, -0.25) is 4.99 Å². The molecule has 1 N–H and O–H groups in total. The number of nitrogens with zero attached hydrogens (tertiary/aromatic N) is 1. The Morgan fingerprint density at radius 1 is 1.29 bits per heavy atom. The lowest BCUT2D eigenvalue weighted by atomic mass is 9.99. The lowest BCUT2D eigenvalue weighted by Crippen LogP contribution is -2.12. The summed E-state index contributed by atoms with van der Waals surface area (Å²) in [6, 6.07) is 9.85. The van der Waals surface area contributed by atoms with E-state index in [1.807, 2.05) is 37.3 Å². The van der Waals surface area contributed by atoms with Gasteiger partial charge in [-0.1, -0.05) is 30.3 Å². The molecule has 3 heteroatoms. The fourth-order valence-corrected chi connectivity index (χ4v) is 1.75. The van der Waals surface area contributed by atoms with Crippen molar-refractivity contribution in [3.8, 4) is 0 Å². The van der Waals surface area contributed by atoms with E-state index in [4.69, 9.17) is 4.74 Å². The Morgan fingerprint density at radius 2 is 1.94 bits per heavy atom. The number of aliphatic hydroxyl groups excluding tert-OH is 1. The summed E-state index contributed by atoms with van der Waals surface area (Å²) in [6.07, 6.45) is 0. The van der Waals surface area contributed by atoms with Crippen molar-refractivity contribution in [2.45, 2.75) is 6.92 Å². The average Bonchev–Trinajstić information content (AvgIpc) is 2.37. The molecular formula is C14H19NO2. The molecule has 92 valence electrons. The topological polar surface area (TPSA) is 41.8 Å². The van der Waals surface area contributed by atoms with Crippen LogP contribution < -0.4 is 0 Å². The van der Waals surface area contributed by atoms with E-state index in [0.29, 0.717) is 6.61 Å². The summed E-state index contributed by atoms with van der Waals surface area (Å²) in [4.78, 5) is 4.28. The number of aliphatic hydroxyl groups is 1. The quantitative estimate of drug-likeness (QED) is 0.791. The molecule has 0 amide bonds. The van der Waals surface area contributed by atoms with Gasteiger partial charge in [0, 0.05) is 25.3 Å². The SMILES string of the molecule is CN=C(/C(CO)=C(\C)COC)c1ccccc1. The molecule has 17 heavy (non-hydrogen) atoms. The smallest absolute Gasteiger partial charge is 0.0703 e. The number of rotatable bonds is 5. The molecule has 0 bridgehead atoms. The fourth-order valence-electron chi connectivity index (χ4n) is 1.75. The van der Waals surface area contributed by atoms with E-state index in [2.05, 4.69) is 4.99 Å². The van der Waals surface area contributed by atoms with Crippen LogP contribution in [0.1, 0.15) is 12.5 Å². The number of ether oxygens (including phenoxy) is 1. The molecule has 3 nitrogen and oxygen atoms in total. The summed E-state index contributed by atoms with van der Waals surface area (Å²) < 4.78 is 5.09. The van der Waals surface area contributed by atoms with Gasteiger partial charge in [0.05, 0.1) is 18.9 Å². The molecule has 0 atom stereocenters. The van der Waals surface area contributed by atoms with Gasteiger partial charge < -0.3 is 9.84 Å². The predicted molar refractivity (Wildman–Crippen MR) is 70.6 cm³/mol. The number of benzene rings is 1. The minimum absolute atomic E-state index is 0.0310. The molecule has 0 unspecified atom stereocenters. The molecule has 0 heterocycles. The van der Waals surface area contributed by atoms with Crippen LogP contribution in [0.25, 0.3) is 0 Å². The van der Waals surface area contributed by atoms with Crippen molar-refractivity contribution in [2.75, 3.05) is 27.4 Å². The van der Waals surface area contributed by atoms with Crippen LogP contribution in [0.3, 0.4) is 0 Å². The molecule has 1 aromatic carbocycles. The highest BCUT2D eigenvalue weighted by atomic mass is 16.5. The van der Waals surface area contributed by atoms with Gasteiger partial charge in [-0.2, -0.15) is 0 Å². The first kappa shape index (κ1) is 13.6. The van der Waals surface area contributed by atoms with Crippen LogP contribution in [-0.2, 0) is 4.74 Å². The minimum Gasteiger partial charge on any atom is -0.392 e. The van der Waals surface area contributed by atoms with Crippen molar-refractivity contribution in [1.82, 2.24) is 0 Å². The van der Waals surface area contributed by atoms with Crippen LogP contribution in [0.2, 0.25) is 0 Å². The first-order valence-electron chi connectivity index (χ1n) is 5.55. The molecule has 0 aliphatic heterocycles. The van der Waals surface area contributed by atoms with Crippen molar-refractivity contribution in [3.05, 3.63) is 47.0 Å². The van der Waals surface area contributed by atoms with Gasteiger partial charge in [0.2, 0.25) is 0 Å². The minimum atomic E-state index is -0.0310. The average molecular weight is 233 g/mol. The Morgan fingerprint density at radius 3 is 2.41 bits per heavy atom. The molecule has 0 aromatic heterocycles. The van der Waals surface area contributed by atoms with E-state index in [1.54, 1.807) is 14.2 Å². The molecule has 0 spiro atoms. The van der Waals surface area contributed by atoms with Crippen molar-refractivity contribution in [3.63, 3.8) is 0 Å². The molecular weight excluding hydrogens is 214 g/mol. The zero-order valence-corrected chi connectivity index (χ0v) is 10.6. The van der Waals surface area contributed by atoms with E-state index >= 15 is 0 Å². The third-order valence-corrected chi connectivity index (χ3v) is 2.59. The zero-order chi connectivity index (χ0) is 12.7. The van der Waals surface area contributed by atoms with Crippen LogP contribution >= 0.6 is 0 Å². The number of hydrogen-bond donors (Lipinski definition) is 1. The van der Waals surface area contributed by atoms with Gasteiger partial charge >= 0.3 is 0 Å². The standard InChI is InChI=1S/C14H19NO2/c1-11(10-17-3)13(9-16)14(15-2)12-7-5-4-6-8-12/h4-8,16H,9-10H2,1-3H3/b13-11+,15-14?. The number of hydrogen-bond acceptors (Lipinski definition) is 3. The Labute approximate surface area is 102 Å². The summed E-state index contributed by atoms with van der Waals surface area (Å²) in [5.41, 5.74) is 3.66. The molecule has 0 saturated carbocycles. The van der Waals surface area contributed by atoms with E-state index < -0.39 is 0 Å². The van der Waals surface area contributed by atoms with Crippen LogP contribution in [0.5, 0.6) is 0 Å². The van der Waals surface area contributed by atoms with Crippen LogP contribution in [-0.4, -0.2) is 38.2 Å². The van der Waals surface area contributed by atoms with E-state index in [-0.39, 0.29) is 6.61 Å². The second-order valence-electron chi connectivity index (χ2n) is 3.79. The Balaban J connectivity index is 3.14. The Hall–Kier alpha value is -1.45. The lowest BCUT2D eigenvalue weighted by Gasteiger charge is -2.12. The second-order valence-corrected chi connectivity index (χ2v) is 3.79. The largest absolute Gasteiger partial charge is 0.392 e. The Kier molecular flexibility index (Phi) is 5.60. The van der Waals surface area contributed by atoms with Gasteiger partial charge in [0.1, 0.15) is 0 Å². The van der Waals surface area contributed by atoms with Gasteiger partial charge in [-0.25, -0.2) is 0 Å². The van der Waals surface area contributed by atoms with Crippen LogP contribution in [0.15, 0.2) is 46.5 Å². The van der Waals surface area contributed by atoms with Gasteiger partial charge in [-0.15, -0.1) is 0 Å². The fraction of sp³-hybridized carbons (Fsp3) is 0.357. The maximum Gasteiger partial charge on any atom is 0.0703 e. The van der Waals surface area contributed by atoms with Gasteiger partial charge in [0.25, 0.3) is 0 Å². The third-order valence-electron chi connectivity index (χ3n) is 2.59. The van der Waals surface area contributed by atoms with Gasteiger partial charge in [0.15, 0.2) is 0 Å². The normalized spacial score (nSPS) is 13.5. The first-order valence-corrected chi connectivity index (χ1v) is 5.55. The summed E-state index contributed by atoms with van der Waals surface area (Å²) in [6.45, 7) is 2.42. The maximum atomic E-state index is 9.49. The summed E-state index contributed by atoms with van der Waals surface area (Å²) in [7, 11) is 3.38. The van der Waals surface area contributed by atoms with E-state index in [1.165, 1.54) is 0 Å². The summed E-state index contributed by atoms with van der Waals surface area (Å²) >= 11 is 0. The highest BCUT2D eigenvalue weighted by Crippen LogP contribution is 2.13. The zero-order valence-electron chi connectivity index (χ0n) is 10.6. The maximum absolute atomic E-state index is 9.49. The third kappa shape index (κ3) is 3.51. The van der Waals surface area contributed by atoms with Crippen molar-refractivity contribution in [2.24, 2.45) is 4.99 Å². The monoisotopic (exact) mass is 233 g/mol. The van der Waals surface area contributed by atoms with Gasteiger partial charge in [-0.05, 0) is 12.5 Å². The second kappa shape index (κ2) is 6.99. The van der Waals surface area contributed by atoms with Crippen LogP contribution in [0.4, 0.5) is 0 Å². The Bertz CT molecular complexity index is 407. The van der Waals surface area contributed by atoms with E-state index in [9.17, 15) is 5.11 Å². The number of aliphatic imine (C=N–C) groups is 1. The summed E-state index contributed by atoms with van der Waals surface area (Å²) in [5.74, 6) is 0. The highest BCUT2D eigenvalue weighted by Gasteiger charge is 2.11.